The second-order valence-electron chi connectivity index (χ2n) is 5.82. The maximum Gasteiger partial charge on any atom is 0.226 e. The SMILES string of the molecule is CCc1oc2c(Cl)cc(NC(=O)CC3COCCN3)cc2c1C. The molecule has 5 nitrogen and oxygen atoms in total. The molecular formula is C17H21ClN2O3. The molecule has 1 aliphatic heterocycles. The lowest BCUT2D eigenvalue weighted by molar-refractivity contribution is -0.117. The first kappa shape index (κ1) is 16.3. The van der Waals surface area contributed by atoms with Crippen molar-refractivity contribution in [2.45, 2.75) is 32.7 Å². The summed E-state index contributed by atoms with van der Waals surface area (Å²) in [5.41, 5.74) is 2.44. The van der Waals surface area contributed by atoms with E-state index in [4.69, 9.17) is 20.8 Å². The lowest BCUT2D eigenvalue weighted by atomic mass is 10.1. The molecule has 1 atom stereocenters. The summed E-state index contributed by atoms with van der Waals surface area (Å²) in [6.07, 6.45) is 1.19. The van der Waals surface area contributed by atoms with Crippen molar-refractivity contribution >= 4 is 34.2 Å². The van der Waals surface area contributed by atoms with Crippen molar-refractivity contribution in [1.82, 2.24) is 5.32 Å². The summed E-state index contributed by atoms with van der Waals surface area (Å²) in [4.78, 5) is 12.2. The number of hydrogen-bond acceptors (Lipinski definition) is 4. The molecule has 1 fully saturated rings. The standard InChI is InChI=1S/C17H21ClN2O3/c1-3-15-10(2)13-6-11(7-14(18)17(13)23-15)20-16(21)8-12-9-22-5-4-19-12/h6-7,12,19H,3-5,8-9H2,1-2H3,(H,20,21). The number of amides is 1. The Labute approximate surface area is 140 Å². The number of ether oxygens (including phenoxy) is 1. The third-order valence-corrected chi connectivity index (χ3v) is 4.41. The monoisotopic (exact) mass is 336 g/mol. The van der Waals surface area contributed by atoms with Crippen molar-refractivity contribution < 1.29 is 13.9 Å². The van der Waals surface area contributed by atoms with Crippen LogP contribution in [0.1, 0.15) is 24.7 Å². The molecule has 0 saturated carbocycles. The number of carbonyl (C=O) groups is 1. The highest BCUT2D eigenvalue weighted by atomic mass is 35.5. The Morgan fingerprint density at radius 1 is 1.48 bits per heavy atom. The maximum absolute atomic E-state index is 12.2. The molecule has 2 heterocycles. The summed E-state index contributed by atoms with van der Waals surface area (Å²) in [7, 11) is 0. The van der Waals surface area contributed by atoms with E-state index < -0.39 is 0 Å². The van der Waals surface area contributed by atoms with Gasteiger partial charge in [0.1, 0.15) is 5.76 Å². The quantitative estimate of drug-likeness (QED) is 0.899. The van der Waals surface area contributed by atoms with E-state index in [1.54, 1.807) is 6.07 Å². The molecule has 1 amide bonds. The summed E-state index contributed by atoms with van der Waals surface area (Å²) < 4.78 is 11.2. The van der Waals surface area contributed by atoms with Gasteiger partial charge in [-0.15, -0.1) is 0 Å². The van der Waals surface area contributed by atoms with Crippen LogP contribution >= 0.6 is 11.6 Å². The predicted octanol–water partition coefficient (Wildman–Crippen LogP) is 3.27. The zero-order valence-electron chi connectivity index (χ0n) is 13.4. The number of morpholine rings is 1. The van der Waals surface area contributed by atoms with Crippen molar-refractivity contribution in [3.63, 3.8) is 0 Å². The lowest BCUT2D eigenvalue weighted by Crippen LogP contribution is -2.43. The molecule has 0 aliphatic carbocycles. The molecule has 3 rings (SSSR count). The smallest absolute Gasteiger partial charge is 0.226 e. The molecule has 1 unspecified atom stereocenters. The summed E-state index contributed by atoms with van der Waals surface area (Å²) in [6.45, 7) is 6.10. The van der Waals surface area contributed by atoms with Gasteiger partial charge in [0.05, 0.1) is 18.2 Å². The summed E-state index contributed by atoms with van der Waals surface area (Å²) in [5, 5.41) is 7.65. The Kier molecular flexibility index (Phi) is 4.90. The van der Waals surface area contributed by atoms with Crippen molar-refractivity contribution in [2.75, 3.05) is 25.1 Å². The molecule has 2 aromatic rings. The van der Waals surface area contributed by atoms with Crippen molar-refractivity contribution in [1.29, 1.82) is 0 Å². The van der Waals surface area contributed by atoms with Gasteiger partial charge in [-0.3, -0.25) is 4.79 Å². The largest absolute Gasteiger partial charge is 0.459 e. The van der Waals surface area contributed by atoms with E-state index in [1.165, 1.54) is 0 Å². The van der Waals surface area contributed by atoms with Crippen molar-refractivity contribution in [3.05, 3.63) is 28.5 Å². The molecule has 1 aromatic heterocycles. The first-order valence-electron chi connectivity index (χ1n) is 7.91. The minimum atomic E-state index is -0.0553. The number of carbonyl (C=O) groups excluding carboxylic acids is 1. The van der Waals surface area contributed by atoms with E-state index in [-0.39, 0.29) is 11.9 Å². The average Bonchev–Trinajstić information content (AvgIpc) is 2.85. The van der Waals surface area contributed by atoms with E-state index in [9.17, 15) is 4.79 Å². The Morgan fingerprint density at radius 2 is 2.30 bits per heavy atom. The zero-order valence-corrected chi connectivity index (χ0v) is 14.1. The van der Waals surface area contributed by atoms with Gasteiger partial charge < -0.3 is 19.8 Å². The average molecular weight is 337 g/mol. The van der Waals surface area contributed by atoms with Gasteiger partial charge in [0, 0.05) is 36.5 Å². The number of anilines is 1. The van der Waals surface area contributed by atoms with Crippen LogP contribution in [0.4, 0.5) is 5.69 Å². The van der Waals surface area contributed by atoms with E-state index in [2.05, 4.69) is 10.6 Å². The van der Waals surface area contributed by atoms with Crippen molar-refractivity contribution in [3.8, 4) is 0 Å². The molecule has 1 saturated heterocycles. The van der Waals surface area contributed by atoms with Gasteiger partial charge in [-0.1, -0.05) is 18.5 Å². The van der Waals surface area contributed by atoms with Crippen LogP contribution in [0.15, 0.2) is 16.5 Å². The fourth-order valence-corrected chi connectivity index (χ4v) is 3.18. The normalized spacial score (nSPS) is 18.3. The Bertz CT molecular complexity index is 720. The summed E-state index contributed by atoms with van der Waals surface area (Å²) in [6, 6.07) is 3.71. The molecule has 0 spiro atoms. The van der Waals surface area contributed by atoms with Gasteiger partial charge in [-0.2, -0.15) is 0 Å². The maximum atomic E-state index is 12.2. The second kappa shape index (κ2) is 6.91. The molecule has 1 aliphatic rings. The molecule has 6 heteroatoms. The highest BCUT2D eigenvalue weighted by molar-refractivity contribution is 6.35. The number of benzene rings is 1. The fraction of sp³-hybridized carbons (Fsp3) is 0.471. The number of hydrogen-bond donors (Lipinski definition) is 2. The fourth-order valence-electron chi connectivity index (χ4n) is 2.92. The Hall–Kier alpha value is -1.56. The van der Waals surface area contributed by atoms with Crippen LogP contribution in [0.3, 0.4) is 0 Å². The van der Waals surface area contributed by atoms with Gasteiger partial charge in [0.2, 0.25) is 5.91 Å². The molecule has 0 radical (unpaired) electrons. The van der Waals surface area contributed by atoms with Gasteiger partial charge >= 0.3 is 0 Å². The Balaban J connectivity index is 1.77. The zero-order chi connectivity index (χ0) is 16.4. The van der Waals surface area contributed by atoms with Gasteiger partial charge in [-0.25, -0.2) is 0 Å². The van der Waals surface area contributed by atoms with Crippen molar-refractivity contribution in [2.24, 2.45) is 0 Å². The summed E-state index contributed by atoms with van der Waals surface area (Å²) >= 11 is 6.30. The van der Waals surface area contributed by atoms with Crippen LogP contribution < -0.4 is 10.6 Å². The molecule has 0 bridgehead atoms. The number of rotatable bonds is 4. The van der Waals surface area contributed by atoms with Crippen LogP contribution in [0, 0.1) is 6.92 Å². The number of fused-ring (bicyclic) bond motifs is 1. The first-order valence-corrected chi connectivity index (χ1v) is 8.28. The third-order valence-electron chi connectivity index (χ3n) is 4.13. The predicted molar refractivity (Wildman–Crippen MR) is 91.2 cm³/mol. The van der Waals surface area contributed by atoms with Crippen LogP contribution in [-0.4, -0.2) is 31.7 Å². The molecule has 23 heavy (non-hydrogen) atoms. The number of aryl methyl sites for hydroxylation is 2. The topological polar surface area (TPSA) is 63.5 Å². The number of nitrogens with one attached hydrogen (secondary N) is 2. The van der Waals surface area contributed by atoms with Crippen LogP contribution in [0.2, 0.25) is 5.02 Å². The van der Waals surface area contributed by atoms with Crippen LogP contribution in [0.5, 0.6) is 0 Å². The van der Waals surface area contributed by atoms with E-state index in [1.807, 2.05) is 19.9 Å². The van der Waals surface area contributed by atoms with Crippen LogP contribution in [-0.2, 0) is 16.0 Å². The molecular weight excluding hydrogens is 316 g/mol. The summed E-state index contributed by atoms with van der Waals surface area (Å²) in [5.74, 6) is 0.870. The van der Waals surface area contributed by atoms with Gasteiger partial charge in [-0.05, 0) is 24.6 Å². The van der Waals surface area contributed by atoms with Gasteiger partial charge in [0.15, 0.2) is 5.58 Å². The second-order valence-corrected chi connectivity index (χ2v) is 6.22. The minimum absolute atomic E-state index is 0.0553. The molecule has 2 N–H and O–H groups in total. The lowest BCUT2D eigenvalue weighted by Gasteiger charge is -2.23. The Morgan fingerprint density at radius 3 is 3.00 bits per heavy atom. The third kappa shape index (κ3) is 3.52. The van der Waals surface area contributed by atoms with E-state index in [0.29, 0.717) is 35.9 Å². The number of furan rings is 1. The van der Waals surface area contributed by atoms with Gasteiger partial charge in [0.25, 0.3) is 0 Å². The highest BCUT2D eigenvalue weighted by Crippen LogP contribution is 2.34. The van der Waals surface area contributed by atoms with Crippen LogP contribution in [0.25, 0.3) is 11.0 Å². The number of halogens is 1. The van der Waals surface area contributed by atoms with E-state index >= 15 is 0 Å². The highest BCUT2D eigenvalue weighted by Gasteiger charge is 2.18. The first-order chi connectivity index (χ1) is 11.1. The molecule has 1 aromatic carbocycles. The van der Waals surface area contributed by atoms with E-state index in [0.717, 1.165) is 29.7 Å². The molecule has 124 valence electrons. The minimum Gasteiger partial charge on any atom is -0.459 e.